The molecule has 114 valence electrons. The number of carboxylic acids is 1. The lowest BCUT2D eigenvalue weighted by Crippen LogP contribution is -2.39. The van der Waals surface area contributed by atoms with Crippen LogP contribution in [0.15, 0.2) is 24.3 Å². The molecule has 1 saturated heterocycles. The monoisotopic (exact) mass is 289 g/mol. The predicted molar refractivity (Wildman–Crippen MR) is 81.9 cm³/mol. The third kappa shape index (κ3) is 3.91. The average Bonchev–Trinajstić information content (AvgIpc) is 3.01. The van der Waals surface area contributed by atoms with Crippen molar-refractivity contribution in [2.24, 2.45) is 0 Å². The summed E-state index contributed by atoms with van der Waals surface area (Å²) in [5.41, 5.74) is 0.839. The molecule has 2 rings (SSSR count). The second-order valence-corrected chi connectivity index (χ2v) is 5.65. The first-order chi connectivity index (χ1) is 10.1. The highest BCUT2D eigenvalue weighted by Crippen LogP contribution is 2.20. The Bertz CT molecular complexity index is 489. The molecule has 1 unspecified atom stereocenters. The number of unbranched alkanes of at least 4 members (excludes halogenated alkanes) is 1. The number of benzene rings is 1. The van der Waals surface area contributed by atoms with Crippen LogP contribution < -0.4 is 0 Å². The van der Waals surface area contributed by atoms with Crippen LogP contribution in [0.1, 0.15) is 59.7 Å². The standard InChI is InChI=1S/C17H23NO3/c1-2-3-6-15(18-11-4-5-12-18)16(19)13-7-9-14(10-8-13)17(20)21/h7-10,15H,2-6,11-12H2,1H3,(H,20,21). The molecular weight excluding hydrogens is 266 g/mol. The minimum absolute atomic E-state index is 0.0527. The van der Waals surface area contributed by atoms with E-state index in [1.54, 1.807) is 12.1 Å². The van der Waals surface area contributed by atoms with Gasteiger partial charge in [-0.25, -0.2) is 4.79 Å². The van der Waals surface area contributed by atoms with Gasteiger partial charge in [0.2, 0.25) is 0 Å². The van der Waals surface area contributed by atoms with Gasteiger partial charge in [0.05, 0.1) is 11.6 Å². The summed E-state index contributed by atoms with van der Waals surface area (Å²) in [5.74, 6) is -0.835. The number of ketones is 1. The molecule has 1 aliphatic heterocycles. The minimum Gasteiger partial charge on any atom is -0.478 e. The summed E-state index contributed by atoms with van der Waals surface area (Å²) in [6.07, 6.45) is 5.33. The molecule has 0 spiro atoms. The summed E-state index contributed by atoms with van der Waals surface area (Å²) < 4.78 is 0. The van der Waals surface area contributed by atoms with Gasteiger partial charge in [0, 0.05) is 5.56 Å². The lowest BCUT2D eigenvalue weighted by molar-refractivity contribution is 0.0695. The van der Waals surface area contributed by atoms with Crippen LogP contribution in [0.2, 0.25) is 0 Å². The van der Waals surface area contributed by atoms with Crippen LogP contribution in [0.4, 0.5) is 0 Å². The van der Waals surface area contributed by atoms with Gasteiger partial charge < -0.3 is 5.11 Å². The fourth-order valence-electron chi connectivity index (χ4n) is 2.90. The Morgan fingerprint density at radius 3 is 2.24 bits per heavy atom. The van der Waals surface area contributed by atoms with Crippen molar-refractivity contribution in [3.8, 4) is 0 Å². The molecule has 1 aliphatic rings. The molecule has 0 radical (unpaired) electrons. The van der Waals surface area contributed by atoms with Crippen molar-refractivity contribution in [1.29, 1.82) is 0 Å². The van der Waals surface area contributed by atoms with E-state index in [0.29, 0.717) is 5.56 Å². The van der Waals surface area contributed by atoms with Crippen molar-refractivity contribution in [1.82, 2.24) is 4.90 Å². The topological polar surface area (TPSA) is 57.6 Å². The third-order valence-electron chi connectivity index (χ3n) is 4.13. The van der Waals surface area contributed by atoms with Crippen molar-refractivity contribution in [3.05, 3.63) is 35.4 Å². The number of rotatable bonds is 7. The van der Waals surface area contributed by atoms with Crippen molar-refractivity contribution in [2.45, 2.75) is 45.1 Å². The van der Waals surface area contributed by atoms with Gasteiger partial charge in [-0.3, -0.25) is 9.69 Å². The van der Waals surface area contributed by atoms with Crippen LogP contribution >= 0.6 is 0 Å². The van der Waals surface area contributed by atoms with Crippen LogP contribution in [0.3, 0.4) is 0 Å². The van der Waals surface area contributed by atoms with Gasteiger partial charge in [-0.05, 0) is 44.5 Å². The lowest BCUT2D eigenvalue weighted by Gasteiger charge is -2.26. The highest BCUT2D eigenvalue weighted by Gasteiger charge is 2.28. The highest BCUT2D eigenvalue weighted by atomic mass is 16.4. The molecule has 1 fully saturated rings. The molecule has 0 aliphatic carbocycles. The highest BCUT2D eigenvalue weighted by molar-refractivity contribution is 6.01. The van der Waals surface area contributed by atoms with Crippen LogP contribution in [0.25, 0.3) is 0 Å². The summed E-state index contributed by atoms with van der Waals surface area (Å²) in [6.45, 7) is 4.12. The maximum Gasteiger partial charge on any atom is 0.335 e. The fraction of sp³-hybridized carbons (Fsp3) is 0.529. The van der Waals surface area contributed by atoms with E-state index in [2.05, 4.69) is 11.8 Å². The SMILES string of the molecule is CCCCC(C(=O)c1ccc(C(=O)O)cc1)N1CCCC1. The van der Waals surface area contributed by atoms with E-state index in [-0.39, 0.29) is 17.4 Å². The van der Waals surface area contributed by atoms with Gasteiger partial charge in [0.15, 0.2) is 5.78 Å². The number of hydrogen-bond acceptors (Lipinski definition) is 3. The van der Waals surface area contributed by atoms with Crippen LogP contribution in [0.5, 0.6) is 0 Å². The quantitative estimate of drug-likeness (QED) is 0.783. The van der Waals surface area contributed by atoms with Gasteiger partial charge in [0.25, 0.3) is 0 Å². The average molecular weight is 289 g/mol. The first-order valence-electron chi connectivity index (χ1n) is 7.75. The summed E-state index contributed by atoms with van der Waals surface area (Å²) in [5, 5.41) is 8.92. The number of carboxylic acid groups (broad SMARTS) is 1. The molecule has 4 heteroatoms. The maximum absolute atomic E-state index is 12.7. The number of Topliss-reactive ketones (excluding diaryl/α,β-unsaturated/α-hetero) is 1. The van der Waals surface area contributed by atoms with Crippen molar-refractivity contribution >= 4 is 11.8 Å². The normalized spacial score (nSPS) is 16.8. The van der Waals surface area contributed by atoms with Crippen molar-refractivity contribution < 1.29 is 14.7 Å². The Kier molecular flexibility index (Phi) is 5.51. The molecule has 0 amide bonds. The molecule has 4 nitrogen and oxygen atoms in total. The molecule has 1 atom stereocenters. The van der Waals surface area contributed by atoms with Gasteiger partial charge in [-0.1, -0.05) is 31.9 Å². The van der Waals surface area contributed by atoms with E-state index < -0.39 is 5.97 Å². The number of nitrogens with zero attached hydrogens (tertiary/aromatic N) is 1. The Balaban J connectivity index is 2.14. The third-order valence-corrected chi connectivity index (χ3v) is 4.13. The molecule has 21 heavy (non-hydrogen) atoms. The maximum atomic E-state index is 12.7. The van der Waals surface area contributed by atoms with Crippen LogP contribution in [-0.4, -0.2) is 40.9 Å². The predicted octanol–water partition coefficient (Wildman–Crippen LogP) is 3.22. The fourth-order valence-corrected chi connectivity index (χ4v) is 2.90. The first kappa shape index (κ1) is 15.7. The van der Waals surface area contributed by atoms with E-state index in [1.807, 2.05) is 0 Å². The Labute approximate surface area is 125 Å². The molecule has 0 aromatic heterocycles. The molecule has 1 aromatic carbocycles. The number of carbonyl (C=O) groups excluding carboxylic acids is 1. The Hall–Kier alpha value is -1.68. The van der Waals surface area contributed by atoms with Crippen molar-refractivity contribution in [3.63, 3.8) is 0 Å². The molecule has 0 saturated carbocycles. The second-order valence-electron chi connectivity index (χ2n) is 5.65. The zero-order valence-electron chi connectivity index (χ0n) is 12.5. The van der Waals surface area contributed by atoms with Crippen molar-refractivity contribution in [2.75, 3.05) is 13.1 Å². The van der Waals surface area contributed by atoms with Gasteiger partial charge in [0.1, 0.15) is 0 Å². The molecule has 0 bridgehead atoms. The smallest absolute Gasteiger partial charge is 0.335 e. The van der Waals surface area contributed by atoms with Gasteiger partial charge in [-0.2, -0.15) is 0 Å². The molecule has 1 aromatic rings. The van der Waals surface area contributed by atoms with Gasteiger partial charge in [-0.15, -0.1) is 0 Å². The first-order valence-corrected chi connectivity index (χ1v) is 7.75. The summed E-state index contributed by atoms with van der Waals surface area (Å²) in [6, 6.07) is 6.25. The zero-order valence-corrected chi connectivity index (χ0v) is 12.5. The number of aromatic carboxylic acids is 1. The van der Waals surface area contributed by atoms with E-state index in [9.17, 15) is 9.59 Å². The number of hydrogen-bond donors (Lipinski definition) is 1. The summed E-state index contributed by atoms with van der Waals surface area (Å²) >= 11 is 0. The van der Waals surface area contributed by atoms with Gasteiger partial charge >= 0.3 is 5.97 Å². The van der Waals surface area contributed by atoms with Crippen LogP contribution in [0, 0.1) is 0 Å². The zero-order chi connectivity index (χ0) is 15.2. The minimum atomic E-state index is -0.962. The lowest BCUT2D eigenvalue weighted by atomic mass is 9.97. The molecular formula is C17H23NO3. The largest absolute Gasteiger partial charge is 0.478 e. The van der Waals surface area contributed by atoms with E-state index >= 15 is 0 Å². The number of carbonyl (C=O) groups is 2. The van der Waals surface area contributed by atoms with E-state index in [4.69, 9.17) is 5.11 Å². The van der Waals surface area contributed by atoms with E-state index in [1.165, 1.54) is 12.1 Å². The Morgan fingerprint density at radius 2 is 1.71 bits per heavy atom. The summed E-state index contributed by atoms with van der Waals surface area (Å²) in [7, 11) is 0. The molecule has 1 N–H and O–H groups in total. The summed E-state index contributed by atoms with van der Waals surface area (Å²) in [4.78, 5) is 25.9. The second kappa shape index (κ2) is 7.36. The Morgan fingerprint density at radius 1 is 1.14 bits per heavy atom. The number of likely N-dealkylation sites (tertiary alicyclic amines) is 1. The molecule has 1 heterocycles. The van der Waals surface area contributed by atoms with Crippen LogP contribution in [-0.2, 0) is 0 Å². The van der Waals surface area contributed by atoms with E-state index in [0.717, 1.165) is 45.2 Å².